The van der Waals surface area contributed by atoms with E-state index in [1.165, 1.54) is 13.1 Å². The Morgan fingerprint density at radius 2 is 2.47 bits per heavy atom. The molecule has 0 saturated heterocycles. The maximum Gasteiger partial charge on any atom is 0.249 e. The van der Waals surface area contributed by atoms with Crippen LogP contribution in [0, 0.1) is 17.2 Å². The summed E-state index contributed by atoms with van der Waals surface area (Å²) in [6.07, 6.45) is 1.26. The number of carbonyl (C=O) groups is 2. The van der Waals surface area contributed by atoms with Crippen LogP contribution in [0.1, 0.15) is 11.8 Å². The molecule has 6 heteroatoms. The molecule has 0 fully saturated rings. The van der Waals surface area contributed by atoms with Gasteiger partial charge < -0.3 is 0 Å². The number of hydrogen-bond donors (Lipinski definition) is 1. The van der Waals surface area contributed by atoms with Crippen LogP contribution < -0.4 is 5.32 Å². The maximum absolute atomic E-state index is 11.3. The summed E-state index contributed by atoms with van der Waals surface area (Å²) in [4.78, 5) is 27.0. The highest BCUT2D eigenvalue weighted by molar-refractivity contribution is 7.09. The minimum absolute atomic E-state index is 0.434. The lowest BCUT2D eigenvalue weighted by atomic mass is 10.2. The quantitative estimate of drug-likeness (QED) is 0.812. The first kappa shape index (κ1) is 13.1. The van der Waals surface area contributed by atoms with Crippen LogP contribution in [0.5, 0.6) is 0 Å². The van der Waals surface area contributed by atoms with Crippen molar-refractivity contribution < 1.29 is 9.59 Å². The number of nitriles is 1. The molecule has 0 aromatic carbocycles. The van der Waals surface area contributed by atoms with Gasteiger partial charge in [-0.15, -0.1) is 11.3 Å². The Balaban J connectivity index is 2.52. The lowest BCUT2D eigenvalue weighted by Gasteiger charge is -2.01. The highest BCUT2D eigenvalue weighted by Crippen LogP contribution is 2.09. The molecule has 1 heterocycles. The molecule has 0 aliphatic carbocycles. The van der Waals surface area contributed by atoms with Crippen molar-refractivity contribution in [1.29, 1.82) is 5.26 Å². The molecule has 1 aromatic rings. The van der Waals surface area contributed by atoms with Crippen LogP contribution in [-0.4, -0.2) is 18.0 Å². The smallest absolute Gasteiger partial charge is 0.249 e. The minimum Gasteiger partial charge on any atom is -0.295 e. The molecule has 1 aromatic heterocycles. The zero-order valence-corrected chi connectivity index (χ0v) is 10.0. The molecule has 5 nitrogen and oxygen atoms in total. The SMILES string of the molecule is CC(=O)NC(=O)[C@H](C#N)C=NCc1cccs1. The molecular formula is C11H11N3O2S. The number of imide groups is 1. The second-order valence-electron chi connectivity index (χ2n) is 3.22. The number of aliphatic imine (C=N–C) groups is 1. The number of amides is 2. The fraction of sp³-hybridized carbons (Fsp3) is 0.273. The number of rotatable bonds is 4. The van der Waals surface area contributed by atoms with Gasteiger partial charge in [0, 0.05) is 18.0 Å². The summed E-state index contributed by atoms with van der Waals surface area (Å²) in [6.45, 7) is 1.65. The molecule has 1 atom stereocenters. The van der Waals surface area contributed by atoms with Gasteiger partial charge in [0.1, 0.15) is 0 Å². The highest BCUT2D eigenvalue weighted by atomic mass is 32.1. The molecular weight excluding hydrogens is 238 g/mol. The van der Waals surface area contributed by atoms with E-state index in [0.717, 1.165) is 4.88 Å². The van der Waals surface area contributed by atoms with Crippen molar-refractivity contribution in [1.82, 2.24) is 5.32 Å². The Bertz CT molecular complexity index is 460. The monoisotopic (exact) mass is 249 g/mol. The Kier molecular flexibility index (Phi) is 5.04. The van der Waals surface area contributed by atoms with Crippen LogP contribution in [0.4, 0.5) is 0 Å². The largest absolute Gasteiger partial charge is 0.295 e. The van der Waals surface area contributed by atoms with Crippen LogP contribution in [0.2, 0.25) is 0 Å². The van der Waals surface area contributed by atoms with Crippen molar-refractivity contribution in [2.75, 3.05) is 0 Å². The van der Waals surface area contributed by atoms with Crippen molar-refractivity contribution in [3.8, 4) is 6.07 Å². The predicted octanol–water partition coefficient (Wildman–Crippen LogP) is 1.12. The predicted molar refractivity (Wildman–Crippen MR) is 64.4 cm³/mol. The fourth-order valence-electron chi connectivity index (χ4n) is 1.06. The molecule has 0 aliphatic heterocycles. The van der Waals surface area contributed by atoms with E-state index in [1.54, 1.807) is 17.4 Å². The van der Waals surface area contributed by atoms with E-state index in [9.17, 15) is 9.59 Å². The Labute approximate surface area is 103 Å². The van der Waals surface area contributed by atoms with Gasteiger partial charge in [-0.1, -0.05) is 6.07 Å². The van der Waals surface area contributed by atoms with Gasteiger partial charge in [-0.05, 0) is 11.4 Å². The summed E-state index contributed by atoms with van der Waals surface area (Å²) in [7, 11) is 0. The Morgan fingerprint density at radius 3 is 3.00 bits per heavy atom. The van der Waals surface area contributed by atoms with E-state index in [-0.39, 0.29) is 0 Å². The number of carbonyl (C=O) groups excluding carboxylic acids is 2. The molecule has 0 saturated carbocycles. The van der Waals surface area contributed by atoms with Crippen molar-refractivity contribution in [3.05, 3.63) is 22.4 Å². The zero-order chi connectivity index (χ0) is 12.7. The highest BCUT2D eigenvalue weighted by Gasteiger charge is 2.15. The van der Waals surface area contributed by atoms with Gasteiger partial charge in [0.05, 0.1) is 12.6 Å². The summed E-state index contributed by atoms with van der Waals surface area (Å²) in [5.41, 5.74) is 0. The van der Waals surface area contributed by atoms with Crippen molar-refractivity contribution in [2.45, 2.75) is 13.5 Å². The van der Waals surface area contributed by atoms with Gasteiger partial charge >= 0.3 is 0 Å². The summed E-state index contributed by atoms with van der Waals surface area (Å²) < 4.78 is 0. The third kappa shape index (κ3) is 4.57. The second-order valence-corrected chi connectivity index (χ2v) is 4.25. The lowest BCUT2D eigenvalue weighted by Crippen LogP contribution is -2.34. The van der Waals surface area contributed by atoms with Crippen LogP contribution in [0.3, 0.4) is 0 Å². The van der Waals surface area contributed by atoms with E-state index in [2.05, 4.69) is 4.99 Å². The normalized spacial score (nSPS) is 12.0. The minimum atomic E-state index is -1.03. The standard InChI is InChI=1S/C11H11N3O2S/c1-8(15)14-11(16)9(5-12)6-13-7-10-3-2-4-17-10/h2-4,6,9H,7H2,1H3,(H,14,15,16)/t9-/m1/s1. The molecule has 0 unspecified atom stereocenters. The van der Waals surface area contributed by atoms with Crippen molar-refractivity contribution in [2.24, 2.45) is 10.9 Å². The van der Waals surface area contributed by atoms with Gasteiger partial charge in [-0.3, -0.25) is 19.9 Å². The van der Waals surface area contributed by atoms with E-state index in [4.69, 9.17) is 5.26 Å². The molecule has 17 heavy (non-hydrogen) atoms. The summed E-state index contributed by atoms with van der Waals surface area (Å²) in [5, 5.41) is 12.7. The zero-order valence-electron chi connectivity index (χ0n) is 9.21. The van der Waals surface area contributed by atoms with Gasteiger partial charge in [0.2, 0.25) is 11.8 Å². The van der Waals surface area contributed by atoms with Gasteiger partial charge in [-0.2, -0.15) is 5.26 Å². The summed E-state index contributed by atoms with van der Waals surface area (Å²) in [5.74, 6) is -2.16. The third-order valence-corrected chi connectivity index (χ3v) is 2.66. The van der Waals surface area contributed by atoms with Crippen LogP contribution in [0.15, 0.2) is 22.5 Å². The van der Waals surface area contributed by atoms with E-state index in [1.807, 2.05) is 22.8 Å². The van der Waals surface area contributed by atoms with E-state index < -0.39 is 17.7 Å². The fourth-order valence-corrected chi connectivity index (χ4v) is 1.70. The van der Waals surface area contributed by atoms with E-state index >= 15 is 0 Å². The van der Waals surface area contributed by atoms with Crippen molar-refractivity contribution in [3.63, 3.8) is 0 Å². The Morgan fingerprint density at radius 1 is 1.71 bits per heavy atom. The van der Waals surface area contributed by atoms with Gasteiger partial charge in [0.15, 0.2) is 5.92 Å². The van der Waals surface area contributed by atoms with Crippen LogP contribution >= 0.6 is 11.3 Å². The number of nitrogens with one attached hydrogen (secondary N) is 1. The topological polar surface area (TPSA) is 82.3 Å². The molecule has 88 valence electrons. The maximum atomic E-state index is 11.3. The first-order valence-corrected chi connectivity index (χ1v) is 5.75. The molecule has 2 amide bonds. The molecule has 0 spiro atoms. The van der Waals surface area contributed by atoms with Gasteiger partial charge in [0.25, 0.3) is 0 Å². The van der Waals surface area contributed by atoms with Gasteiger partial charge in [-0.25, -0.2) is 0 Å². The van der Waals surface area contributed by atoms with Crippen molar-refractivity contribution >= 4 is 29.4 Å². The van der Waals surface area contributed by atoms with Crippen LogP contribution in [-0.2, 0) is 16.1 Å². The first-order valence-electron chi connectivity index (χ1n) is 4.87. The molecule has 1 N–H and O–H groups in total. The first-order chi connectivity index (χ1) is 8.13. The third-order valence-electron chi connectivity index (χ3n) is 1.80. The van der Waals surface area contributed by atoms with Crippen LogP contribution in [0.25, 0.3) is 0 Å². The Hall–Kier alpha value is -2.00. The summed E-state index contributed by atoms with van der Waals surface area (Å²) >= 11 is 1.55. The summed E-state index contributed by atoms with van der Waals surface area (Å²) in [6, 6.07) is 5.60. The van der Waals surface area contributed by atoms with E-state index in [0.29, 0.717) is 6.54 Å². The molecule has 0 bridgehead atoms. The lowest BCUT2D eigenvalue weighted by molar-refractivity contribution is -0.129. The second kappa shape index (κ2) is 6.55. The molecule has 0 radical (unpaired) electrons. The number of nitrogens with zero attached hydrogens (tertiary/aromatic N) is 2. The molecule has 1 rings (SSSR count). The average molecular weight is 249 g/mol. The number of hydrogen-bond acceptors (Lipinski definition) is 5. The average Bonchev–Trinajstić information content (AvgIpc) is 2.76. The number of thiophene rings is 1. The molecule has 0 aliphatic rings.